The van der Waals surface area contributed by atoms with Crippen LogP contribution in [0.4, 0.5) is 5.69 Å². The molecule has 2 rings (SSSR count). The molecule has 1 aromatic heterocycles. The number of hydrogen-bond acceptors (Lipinski definition) is 5. The summed E-state index contributed by atoms with van der Waals surface area (Å²) in [5.74, 6) is -0.809. The van der Waals surface area contributed by atoms with Crippen LogP contribution in [0.15, 0.2) is 29.6 Å². The average Bonchev–Trinajstić information content (AvgIpc) is 2.51. The van der Waals surface area contributed by atoms with E-state index in [2.05, 4.69) is 15.3 Å². The van der Waals surface area contributed by atoms with E-state index >= 15 is 0 Å². The molecule has 0 aliphatic rings. The number of halogens is 3. The van der Waals surface area contributed by atoms with Crippen molar-refractivity contribution in [1.82, 2.24) is 9.97 Å². The Hall–Kier alpha value is -1.41. The van der Waals surface area contributed by atoms with Gasteiger partial charge in [0.2, 0.25) is 15.0 Å². The summed E-state index contributed by atoms with van der Waals surface area (Å²) in [5.41, 5.74) is 0.120. The summed E-state index contributed by atoms with van der Waals surface area (Å²) >= 11 is 17.6. The number of anilines is 1. The number of rotatable bonds is 5. The van der Waals surface area contributed by atoms with Crippen LogP contribution in [0, 0.1) is 0 Å². The largest absolute Gasteiger partial charge is 0.321 e. The minimum absolute atomic E-state index is 0.0667. The molecule has 1 heterocycles. The van der Waals surface area contributed by atoms with Crippen molar-refractivity contribution in [2.24, 2.45) is 0 Å². The van der Waals surface area contributed by atoms with E-state index in [9.17, 15) is 13.2 Å². The van der Waals surface area contributed by atoms with Crippen LogP contribution in [0.3, 0.4) is 0 Å². The summed E-state index contributed by atoms with van der Waals surface area (Å²) in [4.78, 5) is 19.8. The molecule has 0 radical (unpaired) electrons. The smallest absolute Gasteiger partial charge is 0.275 e. The van der Waals surface area contributed by atoms with Gasteiger partial charge in [-0.25, -0.2) is 18.4 Å². The van der Waals surface area contributed by atoms with Gasteiger partial charge >= 0.3 is 0 Å². The van der Waals surface area contributed by atoms with Gasteiger partial charge in [0, 0.05) is 5.69 Å². The molecule has 2 aromatic rings. The molecule has 24 heavy (non-hydrogen) atoms. The summed E-state index contributed by atoms with van der Waals surface area (Å²) in [6, 6.07) is 4.50. The second kappa shape index (κ2) is 7.65. The summed E-state index contributed by atoms with van der Waals surface area (Å²) in [6.07, 6.45) is 1.49. The van der Waals surface area contributed by atoms with Gasteiger partial charge in [0.15, 0.2) is 5.69 Å². The number of nitrogens with one attached hydrogen (secondary N) is 1. The highest BCUT2D eigenvalue weighted by atomic mass is 35.5. The number of benzene rings is 1. The molecule has 0 saturated heterocycles. The van der Waals surface area contributed by atoms with Crippen LogP contribution in [-0.2, 0) is 9.84 Å². The molecule has 0 spiro atoms. The third-order valence-electron chi connectivity index (χ3n) is 2.87. The van der Waals surface area contributed by atoms with Gasteiger partial charge < -0.3 is 5.32 Å². The Balaban J connectivity index is 2.33. The second-order valence-corrected chi connectivity index (χ2v) is 7.98. The zero-order valence-electron chi connectivity index (χ0n) is 12.4. The molecule has 0 aliphatic heterocycles. The quantitative estimate of drug-likeness (QED) is 0.759. The minimum Gasteiger partial charge on any atom is -0.321 e. The lowest BCUT2D eigenvalue weighted by Gasteiger charge is -2.08. The van der Waals surface area contributed by atoms with Crippen LogP contribution in [0.5, 0.6) is 0 Å². The normalized spacial score (nSPS) is 11.3. The molecule has 6 nitrogen and oxygen atoms in total. The SMILES string of the molecule is CCCS(=O)(=O)c1ncc(Cl)c(C(=O)Nc2ccc(Cl)c(Cl)c2)n1. The van der Waals surface area contributed by atoms with E-state index in [4.69, 9.17) is 34.8 Å². The van der Waals surface area contributed by atoms with Crippen molar-refractivity contribution in [2.75, 3.05) is 11.1 Å². The highest BCUT2D eigenvalue weighted by Crippen LogP contribution is 2.25. The Morgan fingerprint density at radius 1 is 1.17 bits per heavy atom. The molecule has 128 valence electrons. The average molecular weight is 409 g/mol. The van der Waals surface area contributed by atoms with E-state index < -0.39 is 20.9 Å². The van der Waals surface area contributed by atoms with Gasteiger partial charge in [-0.2, -0.15) is 0 Å². The van der Waals surface area contributed by atoms with Gasteiger partial charge in [-0.05, 0) is 24.6 Å². The van der Waals surface area contributed by atoms with Crippen LogP contribution < -0.4 is 5.32 Å². The summed E-state index contributed by atoms with van der Waals surface area (Å²) in [7, 11) is -3.67. The van der Waals surface area contributed by atoms with Crippen LogP contribution in [0.2, 0.25) is 15.1 Å². The predicted octanol–water partition coefficient (Wildman–Crippen LogP) is 3.87. The fraction of sp³-hybridized carbons (Fsp3) is 0.214. The van der Waals surface area contributed by atoms with E-state index in [0.717, 1.165) is 6.20 Å². The predicted molar refractivity (Wildman–Crippen MR) is 93.8 cm³/mol. The molecule has 0 saturated carbocycles. The lowest BCUT2D eigenvalue weighted by atomic mass is 10.3. The summed E-state index contributed by atoms with van der Waals surface area (Å²) in [5, 5.41) is 2.62. The Bertz CT molecular complexity index is 888. The van der Waals surface area contributed by atoms with Crippen molar-refractivity contribution >= 4 is 56.2 Å². The Morgan fingerprint density at radius 2 is 1.88 bits per heavy atom. The molecule has 0 aliphatic carbocycles. The van der Waals surface area contributed by atoms with Crippen LogP contribution in [-0.4, -0.2) is 30.0 Å². The van der Waals surface area contributed by atoms with Gasteiger partial charge in [0.1, 0.15) is 0 Å². The molecule has 0 fully saturated rings. The van der Waals surface area contributed by atoms with Crippen LogP contribution >= 0.6 is 34.8 Å². The lowest BCUT2D eigenvalue weighted by molar-refractivity contribution is 0.102. The highest BCUT2D eigenvalue weighted by Gasteiger charge is 2.22. The van der Waals surface area contributed by atoms with Crippen molar-refractivity contribution in [1.29, 1.82) is 0 Å². The van der Waals surface area contributed by atoms with E-state index in [-0.39, 0.29) is 21.5 Å². The monoisotopic (exact) mass is 407 g/mol. The number of carbonyl (C=O) groups is 1. The molecule has 1 N–H and O–H groups in total. The van der Waals surface area contributed by atoms with Crippen molar-refractivity contribution < 1.29 is 13.2 Å². The van der Waals surface area contributed by atoms with Crippen LogP contribution in [0.25, 0.3) is 0 Å². The first-order chi connectivity index (χ1) is 11.2. The molecule has 0 unspecified atom stereocenters. The fourth-order valence-corrected chi connectivity index (χ4v) is 3.42. The number of aromatic nitrogens is 2. The van der Waals surface area contributed by atoms with Gasteiger partial charge in [0.25, 0.3) is 5.91 Å². The molecular formula is C14H12Cl3N3O3S. The first-order valence-electron chi connectivity index (χ1n) is 6.76. The summed E-state index contributed by atoms with van der Waals surface area (Å²) < 4.78 is 24.1. The minimum atomic E-state index is -3.67. The van der Waals surface area contributed by atoms with Gasteiger partial charge in [0.05, 0.1) is 27.0 Å². The van der Waals surface area contributed by atoms with E-state index in [1.807, 2.05) is 0 Å². The second-order valence-electron chi connectivity index (χ2n) is 4.75. The topological polar surface area (TPSA) is 89.0 Å². The van der Waals surface area contributed by atoms with E-state index in [0.29, 0.717) is 17.1 Å². The fourth-order valence-electron chi connectivity index (χ4n) is 1.78. The van der Waals surface area contributed by atoms with Gasteiger partial charge in [-0.15, -0.1) is 0 Å². The molecule has 1 amide bonds. The van der Waals surface area contributed by atoms with E-state index in [1.165, 1.54) is 18.2 Å². The van der Waals surface area contributed by atoms with Crippen LogP contribution in [0.1, 0.15) is 23.8 Å². The molecular weight excluding hydrogens is 397 g/mol. The summed E-state index contributed by atoms with van der Waals surface area (Å²) in [6.45, 7) is 1.71. The van der Waals surface area contributed by atoms with Gasteiger partial charge in [-0.3, -0.25) is 4.79 Å². The lowest BCUT2D eigenvalue weighted by Crippen LogP contribution is -2.18. The number of carbonyl (C=O) groups excluding carboxylic acids is 1. The van der Waals surface area contributed by atoms with Crippen molar-refractivity contribution in [2.45, 2.75) is 18.5 Å². The number of nitrogens with zero attached hydrogens (tertiary/aromatic N) is 2. The van der Waals surface area contributed by atoms with E-state index in [1.54, 1.807) is 6.92 Å². The Kier molecular flexibility index (Phi) is 6.03. The number of hydrogen-bond donors (Lipinski definition) is 1. The zero-order chi connectivity index (χ0) is 17.9. The standard InChI is InChI=1S/C14H12Cl3N3O3S/c1-2-5-24(22,23)14-18-7-11(17)12(20-14)13(21)19-8-3-4-9(15)10(16)6-8/h3-4,6-7H,2,5H2,1H3,(H,19,21). The van der Waals surface area contributed by atoms with Crippen molar-refractivity contribution in [3.63, 3.8) is 0 Å². The maximum absolute atomic E-state index is 12.3. The third-order valence-corrected chi connectivity index (χ3v) is 5.58. The molecule has 10 heteroatoms. The Labute approximate surface area is 154 Å². The molecule has 1 aromatic carbocycles. The maximum atomic E-state index is 12.3. The maximum Gasteiger partial charge on any atom is 0.275 e. The van der Waals surface area contributed by atoms with Gasteiger partial charge in [-0.1, -0.05) is 41.7 Å². The first-order valence-corrected chi connectivity index (χ1v) is 9.55. The number of amides is 1. The van der Waals surface area contributed by atoms with Crippen molar-refractivity contribution in [3.8, 4) is 0 Å². The third kappa shape index (κ3) is 4.36. The van der Waals surface area contributed by atoms with Crippen molar-refractivity contribution in [3.05, 3.63) is 45.2 Å². The zero-order valence-corrected chi connectivity index (χ0v) is 15.5. The first kappa shape index (κ1) is 18.9. The molecule has 0 bridgehead atoms. The molecule has 0 atom stereocenters. The Morgan fingerprint density at radius 3 is 2.50 bits per heavy atom. The highest BCUT2D eigenvalue weighted by molar-refractivity contribution is 7.91. The number of sulfone groups is 1.